The first-order chi connectivity index (χ1) is 9.59. The molecule has 0 unspecified atom stereocenters. The van der Waals surface area contributed by atoms with E-state index < -0.39 is 0 Å². The Morgan fingerprint density at radius 3 is 2.85 bits per heavy atom. The van der Waals surface area contributed by atoms with E-state index >= 15 is 0 Å². The Hall–Kier alpha value is -2.14. The minimum atomic E-state index is -0.347. The Balaban J connectivity index is 2.25. The third-order valence-corrected chi connectivity index (χ3v) is 3.72. The van der Waals surface area contributed by atoms with Gasteiger partial charge < -0.3 is 5.32 Å². The standard InChI is InChI=1S/C14H13ClN4O/c1-8-12(9(2)20)13(10-5-3-4-6-11(10)15)19-14(18-8)16-7-17-19/h3-7,13H,1-2H3,(H,16,17,18)/t13-/m0/s1. The average Bonchev–Trinajstić information content (AvgIpc) is 2.85. The molecular weight excluding hydrogens is 276 g/mol. The number of carbonyl (C=O) groups is 1. The number of benzene rings is 1. The lowest BCUT2D eigenvalue weighted by Crippen LogP contribution is -2.28. The summed E-state index contributed by atoms with van der Waals surface area (Å²) in [7, 11) is 0. The van der Waals surface area contributed by atoms with Gasteiger partial charge in [0.05, 0.1) is 0 Å². The number of anilines is 1. The molecule has 0 radical (unpaired) electrons. The van der Waals surface area contributed by atoms with E-state index in [1.54, 1.807) is 11.6 Å². The zero-order valence-corrected chi connectivity index (χ0v) is 11.8. The number of Topliss-reactive ketones (excluding diaryl/α,β-unsaturated/α-hetero) is 1. The molecule has 0 spiro atoms. The summed E-state index contributed by atoms with van der Waals surface area (Å²) in [4.78, 5) is 16.2. The number of ketones is 1. The quantitative estimate of drug-likeness (QED) is 0.923. The monoisotopic (exact) mass is 288 g/mol. The molecule has 0 saturated heterocycles. The summed E-state index contributed by atoms with van der Waals surface area (Å²) >= 11 is 6.29. The molecule has 6 heteroatoms. The van der Waals surface area contributed by atoms with Crippen molar-refractivity contribution in [2.24, 2.45) is 0 Å². The molecule has 20 heavy (non-hydrogen) atoms. The topological polar surface area (TPSA) is 59.8 Å². The lowest BCUT2D eigenvalue weighted by molar-refractivity contribution is -0.114. The maximum Gasteiger partial charge on any atom is 0.226 e. The largest absolute Gasteiger partial charge is 0.328 e. The van der Waals surface area contributed by atoms with Crippen LogP contribution in [-0.2, 0) is 4.79 Å². The zero-order valence-electron chi connectivity index (χ0n) is 11.1. The van der Waals surface area contributed by atoms with Crippen LogP contribution in [0.25, 0.3) is 0 Å². The minimum Gasteiger partial charge on any atom is -0.328 e. The van der Waals surface area contributed by atoms with Crippen molar-refractivity contribution in [3.63, 3.8) is 0 Å². The number of halogens is 1. The SMILES string of the molecule is CC(=O)C1=C(C)Nc2ncnn2[C@H]1c1ccccc1Cl. The van der Waals surface area contributed by atoms with E-state index in [4.69, 9.17) is 11.6 Å². The van der Waals surface area contributed by atoms with Gasteiger partial charge in [-0.25, -0.2) is 4.68 Å². The lowest BCUT2D eigenvalue weighted by atomic mass is 9.93. The summed E-state index contributed by atoms with van der Waals surface area (Å²) in [6.45, 7) is 3.41. The Morgan fingerprint density at radius 1 is 1.40 bits per heavy atom. The van der Waals surface area contributed by atoms with Gasteiger partial charge in [-0.3, -0.25) is 4.79 Å². The van der Waals surface area contributed by atoms with Crippen molar-refractivity contribution in [3.05, 3.63) is 52.4 Å². The maximum atomic E-state index is 12.0. The highest BCUT2D eigenvalue weighted by Crippen LogP contribution is 2.37. The number of nitrogens with zero attached hydrogens (tertiary/aromatic N) is 3. The van der Waals surface area contributed by atoms with Gasteiger partial charge in [0.25, 0.3) is 0 Å². The second-order valence-electron chi connectivity index (χ2n) is 4.67. The first kappa shape index (κ1) is 12.9. The van der Waals surface area contributed by atoms with E-state index in [0.717, 1.165) is 11.3 Å². The molecule has 0 amide bonds. The van der Waals surface area contributed by atoms with Crippen molar-refractivity contribution >= 4 is 23.3 Å². The fraction of sp³-hybridized carbons (Fsp3) is 0.214. The van der Waals surface area contributed by atoms with Crippen molar-refractivity contribution in [1.29, 1.82) is 0 Å². The molecule has 1 N–H and O–H groups in total. The minimum absolute atomic E-state index is 0.0129. The first-order valence-electron chi connectivity index (χ1n) is 6.22. The van der Waals surface area contributed by atoms with Crippen molar-refractivity contribution in [2.75, 3.05) is 5.32 Å². The fourth-order valence-corrected chi connectivity index (χ4v) is 2.77. The second-order valence-corrected chi connectivity index (χ2v) is 5.08. The van der Waals surface area contributed by atoms with Crippen molar-refractivity contribution in [1.82, 2.24) is 14.8 Å². The summed E-state index contributed by atoms with van der Waals surface area (Å²) in [6, 6.07) is 7.12. The second kappa shape index (κ2) is 4.76. The van der Waals surface area contributed by atoms with E-state index in [0.29, 0.717) is 16.5 Å². The summed E-state index contributed by atoms with van der Waals surface area (Å²) < 4.78 is 1.69. The molecule has 0 fully saturated rings. The molecular formula is C14H13ClN4O. The molecule has 1 atom stereocenters. The van der Waals surface area contributed by atoms with Crippen LogP contribution in [0.3, 0.4) is 0 Å². The molecule has 2 aromatic rings. The Bertz CT molecular complexity index is 719. The van der Waals surface area contributed by atoms with E-state index in [1.165, 1.54) is 6.33 Å². The molecule has 0 bridgehead atoms. The van der Waals surface area contributed by atoms with Crippen LogP contribution in [0, 0.1) is 0 Å². The van der Waals surface area contributed by atoms with Crippen molar-refractivity contribution < 1.29 is 4.79 Å². The molecule has 1 aromatic carbocycles. The number of nitrogens with one attached hydrogen (secondary N) is 1. The van der Waals surface area contributed by atoms with Crippen molar-refractivity contribution in [3.8, 4) is 0 Å². The zero-order chi connectivity index (χ0) is 14.3. The van der Waals surface area contributed by atoms with Crippen LogP contribution in [-0.4, -0.2) is 20.5 Å². The number of hydrogen-bond donors (Lipinski definition) is 1. The molecule has 102 valence electrons. The van der Waals surface area contributed by atoms with Crippen LogP contribution in [0.5, 0.6) is 0 Å². The first-order valence-corrected chi connectivity index (χ1v) is 6.60. The third kappa shape index (κ3) is 1.91. The van der Waals surface area contributed by atoms with E-state index in [2.05, 4.69) is 15.4 Å². The lowest BCUT2D eigenvalue weighted by Gasteiger charge is -2.28. The van der Waals surface area contributed by atoms with Gasteiger partial charge in [-0.05, 0) is 19.9 Å². The summed E-state index contributed by atoms with van der Waals surface area (Å²) in [5.41, 5.74) is 2.27. The Labute approximate surface area is 121 Å². The summed E-state index contributed by atoms with van der Waals surface area (Å²) in [6.07, 6.45) is 1.46. The molecule has 1 aliphatic heterocycles. The Morgan fingerprint density at radius 2 is 2.15 bits per heavy atom. The van der Waals surface area contributed by atoms with Gasteiger partial charge in [0.1, 0.15) is 12.4 Å². The predicted octanol–water partition coefficient (Wildman–Crippen LogP) is 2.81. The highest BCUT2D eigenvalue weighted by molar-refractivity contribution is 6.31. The molecule has 0 saturated carbocycles. The predicted molar refractivity (Wildman–Crippen MR) is 76.6 cm³/mol. The van der Waals surface area contributed by atoms with E-state index in [1.807, 2.05) is 31.2 Å². The summed E-state index contributed by atoms with van der Waals surface area (Å²) in [5, 5.41) is 7.92. The van der Waals surface area contributed by atoms with Gasteiger partial charge >= 0.3 is 0 Å². The van der Waals surface area contributed by atoms with Gasteiger partial charge in [-0.15, -0.1) is 0 Å². The molecule has 5 nitrogen and oxygen atoms in total. The normalized spacial score (nSPS) is 17.6. The molecule has 1 aliphatic rings. The van der Waals surface area contributed by atoms with Gasteiger partial charge in [0, 0.05) is 21.9 Å². The van der Waals surface area contributed by atoms with Gasteiger partial charge in [-0.1, -0.05) is 29.8 Å². The fourth-order valence-electron chi connectivity index (χ4n) is 2.53. The summed E-state index contributed by atoms with van der Waals surface area (Å²) in [5.74, 6) is 0.596. The number of allylic oxidation sites excluding steroid dienone is 2. The number of carbonyl (C=O) groups excluding carboxylic acids is 1. The molecule has 1 aromatic heterocycles. The van der Waals surface area contributed by atoms with Crippen LogP contribution in [0.1, 0.15) is 25.5 Å². The number of rotatable bonds is 2. The number of hydrogen-bond acceptors (Lipinski definition) is 4. The average molecular weight is 289 g/mol. The molecule has 3 rings (SSSR count). The smallest absolute Gasteiger partial charge is 0.226 e. The third-order valence-electron chi connectivity index (χ3n) is 3.37. The van der Waals surface area contributed by atoms with Gasteiger partial charge in [0.2, 0.25) is 5.95 Å². The number of fused-ring (bicyclic) bond motifs is 1. The highest BCUT2D eigenvalue weighted by atomic mass is 35.5. The van der Waals surface area contributed by atoms with E-state index in [9.17, 15) is 4.79 Å². The van der Waals surface area contributed by atoms with Gasteiger partial charge in [0.15, 0.2) is 5.78 Å². The van der Waals surface area contributed by atoms with Crippen LogP contribution in [0.2, 0.25) is 5.02 Å². The van der Waals surface area contributed by atoms with Gasteiger partial charge in [-0.2, -0.15) is 10.1 Å². The van der Waals surface area contributed by atoms with E-state index in [-0.39, 0.29) is 11.8 Å². The van der Waals surface area contributed by atoms with Crippen molar-refractivity contribution in [2.45, 2.75) is 19.9 Å². The Kier molecular flexibility index (Phi) is 3.06. The maximum absolute atomic E-state index is 12.0. The number of aromatic nitrogens is 3. The highest BCUT2D eigenvalue weighted by Gasteiger charge is 2.32. The van der Waals surface area contributed by atoms with Crippen LogP contribution in [0.15, 0.2) is 41.9 Å². The molecule has 2 heterocycles. The molecule has 0 aliphatic carbocycles. The van der Waals surface area contributed by atoms with Crippen LogP contribution in [0.4, 0.5) is 5.95 Å². The van der Waals surface area contributed by atoms with Crippen LogP contribution < -0.4 is 5.32 Å². The van der Waals surface area contributed by atoms with Crippen LogP contribution >= 0.6 is 11.6 Å².